The number of rotatable bonds is 9. The van der Waals surface area contributed by atoms with E-state index in [-0.39, 0.29) is 23.6 Å². The van der Waals surface area contributed by atoms with Gasteiger partial charge in [0.2, 0.25) is 5.82 Å². The van der Waals surface area contributed by atoms with Crippen molar-refractivity contribution in [2.45, 2.75) is 32.4 Å². The lowest BCUT2D eigenvalue weighted by atomic mass is 9.78. The normalized spacial score (nSPS) is 11.5. The Morgan fingerprint density at radius 3 is 2.12 bits per heavy atom. The number of halogens is 5. The van der Waals surface area contributed by atoms with E-state index in [4.69, 9.17) is 9.15 Å². The molecule has 0 fully saturated rings. The van der Waals surface area contributed by atoms with Crippen molar-refractivity contribution in [1.82, 2.24) is 9.78 Å². The SMILES string of the molecule is CC(C)(c1ccccc1)c1ccc(OCc2ccc(C(=O)Nc3ccn(Cc4c(F)c(F)c(F)c(F)c4F)n3)o2)cc1. The molecule has 3 aromatic carbocycles. The fraction of sp³-hybridized carbons (Fsp3) is 0.161. The average Bonchev–Trinajstić information content (AvgIpc) is 3.66. The van der Waals surface area contributed by atoms with Crippen molar-refractivity contribution in [1.29, 1.82) is 0 Å². The molecule has 1 N–H and O–H groups in total. The van der Waals surface area contributed by atoms with Gasteiger partial charge in [-0.1, -0.05) is 56.3 Å². The first-order valence-electron chi connectivity index (χ1n) is 12.8. The largest absolute Gasteiger partial charge is 0.486 e. The van der Waals surface area contributed by atoms with Gasteiger partial charge in [-0.3, -0.25) is 9.48 Å². The summed E-state index contributed by atoms with van der Waals surface area (Å²) in [6.45, 7) is 3.59. The quantitative estimate of drug-likeness (QED) is 0.112. The topological polar surface area (TPSA) is 69.3 Å². The first-order valence-corrected chi connectivity index (χ1v) is 12.8. The van der Waals surface area contributed by atoms with Gasteiger partial charge in [0.25, 0.3) is 5.91 Å². The number of carbonyl (C=O) groups is 1. The predicted molar refractivity (Wildman–Crippen MR) is 144 cm³/mol. The van der Waals surface area contributed by atoms with Crippen LogP contribution in [-0.2, 0) is 18.6 Å². The molecule has 0 radical (unpaired) electrons. The van der Waals surface area contributed by atoms with Gasteiger partial charge in [0.15, 0.2) is 34.8 Å². The van der Waals surface area contributed by atoms with Gasteiger partial charge in [-0.05, 0) is 35.4 Å². The molecule has 2 heterocycles. The van der Waals surface area contributed by atoms with Crippen molar-refractivity contribution >= 4 is 11.7 Å². The van der Waals surface area contributed by atoms with Gasteiger partial charge >= 0.3 is 0 Å². The zero-order chi connectivity index (χ0) is 30.0. The van der Waals surface area contributed by atoms with Gasteiger partial charge in [-0.2, -0.15) is 5.10 Å². The monoisotopic (exact) mass is 581 g/mol. The van der Waals surface area contributed by atoms with Crippen molar-refractivity contribution in [2.75, 3.05) is 5.32 Å². The van der Waals surface area contributed by atoms with Crippen molar-refractivity contribution < 1.29 is 35.9 Å². The molecule has 0 unspecified atom stereocenters. The van der Waals surface area contributed by atoms with Crippen LogP contribution in [0.5, 0.6) is 5.75 Å². The van der Waals surface area contributed by atoms with Crippen LogP contribution in [0.2, 0.25) is 0 Å². The number of aromatic nitrogens is 2. The lowest BCUT2D eigenvalue weighted by molar-refractivity contribution is 0.0992. The highest BCUT2D eigenvalue weighted by Crippen LogP contribution is 2.32. The van der Waals surface area contributed by atoms with Crippen LogP contribution in [0.1, 0.15) is 46.9 Å². The summed E-state index contributed by atoms with van der Waals surface area (Å²) in [5, 5.41) is 6.35. The summed E-state index contributed by atoms with van der Waals surface area (Å²) in [5.41, 5.74) is 1.06. The molecule has 0 saturated carbocycles. The van der Waals surface area contributed by atoms with Crippen LogP contribution in [0.3, 0.4) is 0 Å². The van der Waals surface area contributed by atoms with E-state index in [9.17, 15) is 26.7 Å². The Morgan fingerprint density at radius 1 is 0.833 bits per heavy atom. The van der Waals surface area contributed by atoms with Crippen molar-refractivity contribution in [2.24, 2.45) is 0 Å². The summed E-state index contributed by atoms with van der Waals surface area (Å²) < 4.78 is 80.4. The third kappa shape index (κ3) is 5.76. The molecule has 5 aromatic rings. The number of benzene rings is 3. The summed E-state index contributed by atoms with van der Waals surface area (Å²) in [5.74, 6) is -10.0. The van der Waals surface area contributed by atoms with Gasteiger partial charge in [-0.25, -0.2) is 22.0 Å². The van der Waals surface area contributed by atoms with Crippen LogP contribution in [0.25, 0.3) is 0 Å². The lowest BCUT2D eigenvalue weighted by Crippen LogP contribution is -2.18. The minimum absolute atomic E-state index is 0.0309. The number of amides is 1. The van der Waals surface area contributed by atoms with E-state index >= 15 is 0 Å². The Bertz CT molecular complexity index is 1700. The Kier molecular flexibility index (Phi) is 7.84. The molecular formula is C31H24F5N3O3. The van der Waals surface area contributed by atoms with Crippen LogP contribution >= 0.6 is 0 Å². The second kappa shape index (κ2) is 11.5. The summed E-state index contributed by atoms with van der Waals surface area (Å²) in [4.78, 5) is 12.6. The van der Waals surface area contributed by atoms with Gasteiger partial charge < -0.3 is 14.5 Å². The molecule has 0 aliphatic heterocycles. The maximum Gasteiger partial charge on any atom is 0.292 e. The molecule has 0 saturated heterocycles. The standard InChI is InChI=1S/C31H24F5N3O3/c1-31(2,18-6-4-3-5-7-18)19-8-10-20(11-9-19)41-17-21-12-13-23(42-21)30(40)37-24-14-15-39(38-24)16-22-25(32)27(34)29(36)28(35)26(22)33/h3-15H,16-17H2,1-2H3,(H,37,38,40). The molecule has 0 atom stereocenters. The van der Waals surface area contributed by atoms with Gasteiger partial charge in [0.05, 0.1) is 12.1 Å². The number of hydrogen-bond donors (Lipinski definition) is 1. The fourth-order valence-electron chi connectivity index (χ4n) is 4.37. The minimum atomic E-state index is -2.24. The third-order valence-corrected chi connectivity index (χ3v) is 6.84. The minimum Gasteiger partial charge on any atom is -0.486 e. The highest BCUT2D eigenvalue weighted by atomic mass is 19.2. The van der Waals surface area contributed by atoms with Crippen molar-refractivity contribution in [3.8, 4) is 5.75 Å². The Morgan fingerprint density at radius 2 is 1.45 bits per heavy atom. The smallest absolute Gasteiger partial charge is 0.292 e. The molecule has 0 bridgehead atoms. The second-order valence-corrected chi connectivity index (χ2v) is 9.97. The van der Waals surface area contributed by atoms with Crippen molar-refractivity contribution in [3.05, 3.63) is 136 Å². The third-order valence-electron chi connectivity index (χ3n) is 6.84. The number of nitrogens with zero attached hydrogens (tertiary/aromatic N) is 2. The van der Waals surface area contributed by atoms with Gasteiger partial charge in [-0.15, -0.1) is 0 Å². The molecular weight excluding hydrogens is 557 g/mol. The van der Waals surface area contributed by atoms with Crippen molar-refractivity contribution in [3.63, 3.8) is 0 Å². The number of hydrogen-bond acceptors (Lipinski definition) is 4. The zero-order valence-electron chi connectivity index (χ0n) is 22.4. The fourth-order valence-corrected chi connectivity index (χ4v) is 4.37. The van der Waals surface area contributed by atoms with Crippen LogP contribution in [0, 0.1) is 29.1 Å². The maximum absolute atomic E-state index is 14.0. The van der Waals surface area contributed by atoms with E-state index < -0.39 is 47.1 Å². The number of anilines is 1. The first-order chi connectivity index (χ1) is 20.0. The van der Waals surface area contributed by atoms with Gasteiger partial charge in [0.1, 0.15) is 18.1 Å². The second-order valence-electron chi connectivity index (χ2n) is 9.97. The Hall–Kier alpha value is -4.93. The zero-order valence-corrected chi connectivity index (χ0v) is 22.4. The molecule has 2 aromatic heterocycles. The van der Waals surface area contributed by atoms with E-state index in [1.54, 1.807) is 6.07 Å². The Labute approximate surface area is 237 Å². The number of furan rings is 1. The summed E-state index contributed by atoms with van der Waals surface area (Å²) in [6.07, 6.45) is 1.21. The molecule has 216 valence electrons. The number of ether oxygens (including phenoxy) is 1. The molecule has 42 heavy (non-hydrogen) atoms. The highest BCUT2D eigenvalue weighted by Gasteiger charge is 2.26. The molecule has 0 aliphatic carbocycles. The lowest BCUT2D eigenvalue weighted by Gasteiger charge is -2.26. The van der Waals surface area contributed by atoms with Crippen LogP contribution < -0.4 is 10.1 Å². The molecule has 6 nitrogen and oxygen atoms in total. The molecule has 5 rings (SSSR count). The average molecular weight is 582 g/mol. The molecule has 0 aliphatic rings. The molecule has 11 heteroatoms. The van der Waals surface area contributed by atoms with Gasteiger partial charge in [0, 0.05) is 17.7 Å². The predicted octanol–water partition coefficient (Wildman–Crippen LogP) is 7.38. The summed E-state index contributed by atoms with van der Waals surface area (Å²) in [6, 6.07) is 22.2. The van der Waals surface area contributed by atoms with E-state index in [2.05, 4.69) is 36.4 Å². The molecule has 1 amide bonds. The summed E-state index contributed by atoms with van der Waals surface area (Å²) in [7, 11) is 0. The van der Waals surface area contributed by atoms with Crippen LogP contribution in [0.4, 0.5) is 27.8 Å². The maximum atomic E-state index is 14.0. The van der Waals surface area contributed by atoms with E-state index in [1.807, 2.05) is 42.5 Å². The number of carbonyl (C=O) groups excluding carboxylic acids is 1. The van der Waals surface area contributed by atoms with E-state index in [0.29, 0.717) is 11.5 Å². The molecule has 0 spiro atoms. The summed E-state index contributed by atoms with van der Waals surface area (Å²) >= 11 is 0. The first kappa shape index (κ1) is 28.6. The van der Waals surface area contributed by atoms with E-state index in [0.717, 1.165) is 10.2 Å². The highest BCUT2D eigenvalue weighted by molar-refractivity contribution is 6.01. The Balaban J connectivity index is 1.18. The van der Waals surface area contributed by atoms with Crippen LogP contribution in [0.15, 0.2) is 83.4 Å². The number of nitrogens with one attached hydrogen (secondary N) is 1. The van der Waals surface area contributed by atoms with Crippen LogP contribution in [-0.4, -0.2) is 15.7 Å². The van der Waals surface area contributed by atoms with E-state index in [1.165, 1.54) is 23.9 Å².